The van der Waals surface area contributed by atoms with Crippen LogP contribution in [0.2, 0.25) is 0 Å². The van der Waals surface area contributed by atoms with Gasteiger partial charge in [-0.1, -0.05) is 6.07 Å². The van der Waals surface area contributed by atoms with Crippen LogP contribution in [-0.4, -0.2) is 30.9 Å². The van der Waals surface area contributed by atoms with Gasteiger partial charge in [-0.05, 0) is 18.2 Å². The zero-order chi connectivity index (χ0) is 13.0. The normalized spacial score (nSPS) is 14.5. The van der Waals surface area contributed by atoms with Gasteiger partial charge in [0.2, 0.25) is 5.91 Å². The quantitative estimate of drug-likeness (QED) is 0.817. The van der Waals surface area contributed by atoms with E-state index in [9.17, 15) is 9.59 Å². The second-order valence-corrected chi connectivity index (χ2v) is 4.30. The molecule has 1 aliphatic rings. The van der Waals surface area contributed by atoms with Crippen LogP contribution in [0.1, 0.15) is 6.42 Å². The van der Waals surface area contributed by atoms with Crippen LogP contribution < -0.4 is 15.5 Å². The van der Waals surface area contributed by atoms with E-state index in [1.807, 2.05) is 6.07 Å². The van der Waals surface area contributed by atoms with Crippen molar-refractivity contribution < 1.29 is 9.59 Å². The predicted molar refractivity (Wildman–Crippen MR) is 71.2 cm³/mol. The number of carbonyl (C=O) groups is 2. The summed E-state index contributed by atoms with van der Waals surface area (Å²) in [6.07, 6.45) is 0.274. The van der Waals surface area contributed by atoms with Gasteiger partial charge in [-0.2, -0.15) is 0 Å². The molecule has 1 aliphatic heterocycles. The van der Waals surface area contributed by atoms with Gasteiger partial charge < -0.3 is 10.6 Å². The van der Waals surface area contributed by atoms with Gasteiger partial charge in [-0.25, -0.2) is 4.79 Å². The first-order valence-electron chi connectivity index (χ1n) is 5.72. The maximum Gasteiger partial charge on any atom is 0.321 e. The Morgan fingerprint density at radius 2 is 2.33 bits per heavy atom. The molecule has 18 heavy (non-hydrogen) atoms. The Kier molecular flexibility index (Phi) is 4.04. The number of hydrogen-bond acceptors (Lipinski definition) is 2. The number of halogens is 1. The lowest BCUT2D eigenvalue weighted by atomic mass is 10.2. The Labute approximate surface area is 110 Å². The van der Waals surface area contributed by atoms with Gasteiger partial charge in [0.1, 0.15) is 0 Å². The van der Waals surface area contributed by atoms with Gasteiger partial charge in [-0.3, -0.25) is 9.69 Å². The molecule has 2 rings (SSSR count). The smallest absolute Gasteiger partial charge is 0.321 e. The molecule has 0 bridgehead atoms. The zero-order valence-corrected chi connectivity index (χ0v) is 10.5. The summed E-state index contributed by atoms with van der Waals surface area (Å²) in [5.41, 5.74) is 1.44. The lowest BCUT2D eigenvalue weighted by molar-refractivity contribution is -0.115. The van der Waals surface area contributed by atoms with Crippen LogP contribution in [-0.2, 0) is 4.79 Å². The Bertz CT molecular complexity index is 464. The van der Waals surface area contributed by atoms with Crippen molar-refractivity contribution in [3.05, 3.63) is 24.3 Å². The summed E-state index contributed by atoms with van der Waals surface area (Å²) in [6.45, 7) is 1.28. The van der Waals surface area contributed by atoms with Crippen molar-refractivity contribution in [3.63, 3.8) is 0 Å². The van der Waals surface area contributed by atoms with E-state index < -0.39 is 0 Å². The van der Waals surface area contributed by atoms with E-state index in [0.29, 0.717) is 24.7 Å². The molecule has 0 spiro atoms. The zero-order valence-electron chi connectivity index (χ0n) is 9.78. The van der Waals surface area contributed by atoms with Crippen molar-refractivity contribution >= 4 is 34.9 Å². The number of anilines is 2. The Balaban J connectivity index is 2.10. The molecule has 5 nitrogen and oxygen atoms in total. The van der Waals surface area contributed by atoms with E-state index in [1.54, 1.807) is 23.1 Å². The summed E-state index contributed by atoms with van der Waals surface area (Å²) in [6, 6.07) is 7.08. The molecule has 2 N–H and O–H groups in total. The highest BCUT2D eigenvalue weighted by Crippen LogP contribution is 2.21. The average molecular weight is 268 g/mol. The third-order valence-corrected chi connectivity index (χ3v) is 2.81. The highest BCUT2D eigenvalue weighted by atomic mass is 35.5. The fraction of sp³-hybridized carbons (Fsp3) is 0.333. The van der Waals surface area contributed by atoms with Crippen LogP contribution in [0.25, 0.3) is 0 Å². The third kappa shape index (κ3) is 2.92. The van der Waals surface area contributed by atoms with Crippen molar-refractivity contribution in [2.75, 3.05) is 29.2 Å². The molecule has 1 aromatic carbocycles. The number of urea groups is 1. The molecule has 96 valence electrons. The number of rotatable bonds is 4. The fourth-order valence-electron chi connectivity index (χ4n) is 1.78. The van der Waals surface area contributed by atoms with Crippen LogP contribution >= 0.6 is 11.6 Å². The molecule has 1 heterocycles. The lowest BCUT2D eigenvalue weighted by Gasteiger charge is -2.15. The maximum atomic E-state index is 11.5. The number of benzene rings is 1. The van der Waals surface area contributed by atoms with E-state index in [4.69, 9.17) is 11.6 Å². The molecule has 0 unspecified atom stereocenters. The van der Waals surface area contributed by atoms with Gasteiger partial charge in [-0.15, -0.1) is 11.6 Å². The molecule has 0 atom stereocenters. The van der Waals surface area contributed by atoms with Gasteiger partial charge in [0.25, 0.3) is 0 Å². The van der Waals surface area contributed by atoms with Crippen molar-refractivity contribution in [2.24, 2.45) is 0 Å². The van der Waals surface area contributed by atoms with Crippen LogP contribution in [0.3, 0.4) is 0 Å². The Morgan fingerprint density at radius 3 is 3.00 bits per heavy atom. The molecule has 0 saturated carbocycles. The van der Waals surface area contributed by atoms with Crippen molar-refractivity contribution in [1.82, 2.24) is 5.32 Å². The summed E-state index contributed by atoms with van der Waals surface area (Å²) < 4.78 is 0. The minimum absolute atomic E-state index is 0.112. The minimum Gasteiger partial charge on any atom is -0.336 e. The van der Waals surface area contributed by atoms with Crippen LogP contribution in [0, 0.1) is 0 Å². The van der Waals surface area contributed by atoms with E-state index >= 15 is 0 Å². The predicted octanol–water partition coefficient (Wildman–Crippen LogP) is 1.78. The topological polar surface area (TPSA) is 61.4 Å². The first-order chi connectivity index (χ1) is 8.70. The largest absolute Gasteiger partial charge is 0.336 e. The maximum absolute atomic E-state index is 11.5. The molecule has 3 amide bonds. The SMILES string of the molecule is O=C(CCCl)Nc1cccc(N2CCNC2=O)c1. The van der Waals surface area contributed by atoms with Gasteiger partial charge in [0.05, 0.1) is 0 Å². The summed E-state index contributed by atoms with van der Waals surface area (Å²) in [5, 5.41) is 5.47. The first-order valence-corrected chi connectivity index (χ1v) is 6.25. The third-order valence-electron chi connectivity index (χ3n) is 2.62. The first kappa shape index (κ1) is 12.7. The summed E-state index contributed by atoms with van der Waals surface area (Å²) in [5.74, 6) is 0.160. The Morgan fingerprint density at radius 1 is 1.50 bits per heavy atom. The van der Waals surface area contributed by atoms with Crippen molar-refractivity contribution in [2.45, 2.75) is 6.42 Å². The second kappa shape index (κ2) is 5.73. The number of carbonyl (C=O) groups excluding carboxylic acids is 2. The molecule has 6 heteroatoms. The van der Waals surface area contributed by atoms with Crippen LogP contribution in [0.5, 0.6) is 0 Å². The van der Waals surface area contributed by atoms with Crippen molar-refractivity contribution in [3.8, 4) is 0 Å². The number of nitrogens with one attached hydrogen (secondary N) is 2. The highest BCUT2D eigenvalue weighted by Gasteiger charge is 2.21. The summed E-state index contributed by atoms with van der Waals surface area (Å²) in [7, 11) is 0. The molecular weight excluding hydrogens is 254 g/mol. The molecule has 0 radical (unpaired) electrons. The summed E-state index contributed by atoms with van der Waals surface area (Å²) >= 11 is 5.49. The van der Waals surface area contributed by atoms with E-state index in [0.717, 1.165) is 5.69 Å². The molecule has 1 aromatic rings. The van der Waals surface area contributed by atoms with E-state index in [2.05, 4.69) is 10.6 Å². The number of amides is 3. The molecular formula is C12H14ClN3O2. The average Bonchev–Trinajstić information content (AvgIpc) is 2.76. The highest BCUT2D eigenvalue weighted by molar-refractivity contribution is 6.19. The molecule has 0 aromatic heterocycles. The molecule has 0 aliphatic carbocycles. The minimum atomic E-state index is -0.131. The number of hydrogen-bond donors (Lipinski definition) is 2. The number of alkyl halides is 1. The van der Waals surface area contributed by atoms with Gasteiger partial charge >= 0.3 is 6.03 Å². The van der Waals surface area contributed by atoms with Gasteiger partial charge in [0.15, 0.2) is 0 Å². The van der Waals surface area contributed by atoms with E-state index in [-0.39, 0.29) is 18.4 Å². The number of nitrogens with zero attached hydrogens (tertiary/aromatic N) is 1. The van der Waals surface area contributed by atoms with Crippen molar-refractivity contribution in [1.29, 1.82) is 0 Å². The fourth-order valence-corrected chi connectivity index (χ4v) is 1.95. The molecule has 1 saturated heterocycles. The van der Waals surface area contributed by atoms with Gasteiger partial charge in [0, 0.05) is 36.8 Å². The standard InChI is InChI=1S/C12H14ClN3O2/c13-5-4-11(17)15-9-2-1-3-10(8-9)16-7-6-14-12(16)18/h1-3,8H,4-7H2,(H,14,18)(H,15,17). The van der Waals surface area contributed by atoms with Crippen LogP contribution in [0.15, 0.2) is 24.3 Å². The van der Waals surface area contributed by atoms with E-state index in [1.165, 1.54) is 0 Å². The van der Waals surface area contributed by atoms with Crippen LogP contribution in [0.4, 0.5) is 16.2 Å². The summed E-state index contributed by atoms with van der Waals surface area (Å²) in [4.78, 5) is 24.6. The monoisotopic (exact) mass is 267 g/mol. The Hall–Kier alpha value is -1.75. The lowest BCUT2D eigenvalue weighted by Crippen LogP contribution is -2.27. The second-order valence-electron chi connectivity index (χ2n) is 3.92. The molecule has 1 fully saturated rings.